The number of fused-ring (bicyclic) bond motifs is 1. The lowest BCUT2D eigenvalue weighted by Crippen LogP contribution is -2.04. The summed E-state index contributed by atoms with van der Waals surface area (Å²) in [5, 5.41) is 16.9. The minimum atomic E-state index is 0.458. The van der Waals surface area contributed by atoms with Crippen LogP contribution in [0.3, 0.4) is 0 Å². The second-order valence-electron chi connectivity index (χ2n) is 3.48. The quantitative estimate of drug-likeness (QED) is 0.732. The number of hydrogen-bond donors (Lipinski definition) is 1. The maximum atomic E-state index is 4.65. The largest absolute Gasteiger partial charge is 0.361 e. The molecule has 6 nitrogen and oxygen atoms in total. The van der Waals surface area contributed by atoms with Gasteiger partial charge in [-0.2, -0.15) is 10.1 Å². The van der Waals surface area contributed by atoms with Crippen LogP contribution in [0.1, 0.15) is 5.82 Å². The average molecular weight is 227 g/mol. The third-order valence-electron chi connectivity index (χ3n) is 2.39. The predicted octanol–water partition coefficient (Wildman–Crippen LogP) is 1.62. The summed E-state index contributed by atoms with van der Waals surface area (Å²) in [6.45, 7) is 0.458. The van der Waals surface area contributed by atoms with E-state index in [0.717, 1.165) is 10.8 Å². The molecule has 0 aliphatic rings. The third-order valence-corrected chi connectivity index (χ3v) is 2.39. The van der Waals surface area contributed by atoms with Gasteiger partial charge in [0, 0.05) is 10.8 Å². The van der Waals surface area contributed by atoms with Gasteiger partial charge in [-0.15, -0.1) is 5.10 Å². The lowest BCUT2D eigenvalue weighted by Gasteiger charge is -2.05. The number of nitrogens with one attached hydrogen (secondary N) is 1. The minimum Gasteiger partial charge on any atom is -0.361 e. The summed E-state index contributed by atoms with van der Waals surface area (Å²) in [5.74, 6) is 1.30. The van der Waals surface area contributed by atoms with Crippen molar-refractivity contribution in [3.63, 3.8) is 0 Å². The van der Waals surface area contributed by atoms with Crippen molar-refractivity contribution in [3.05, 3.63) is 42.7 Å². The van der Waals surface area contributed by atoms with E-state index < -0.39 is 0 Å². The molecule has 6 heteroatoms. The van der Waals surface area contributed by atoms with Gasteiger partial charge in [-0.25, -0.2) is 0 Å². The molecule has 0 saturated heterocycles. The second kappa shape index (κ2) is 4.17. The van der Waals surface area contributed by atoms with E-state index in [1.165, 1.54) is 6.39 Å². The van der Waals surface area contributed by atoms with Crippen LogP contribution in [0.2, 0.25) is 0 Å². The molecular weight excluding hydrogens is 218 g/mol. The molecular formula is C11H9N5O. The fraction of sp³-hybridized carbons (Fsp3) is 0.0909. The highest BCUT2D eigenvalue weighted by atomic mass is 16.5. The first-order valence-corrected chi connectivity index (χ1v) is 5.13. The van der Waals surface area contributed by atoms with E-state index in [-0.39, 0.29) is 0 Å². The SMILES string of the molecule is c1ccc2c(NCc3ncon3)nncc2c1. The van der Waals surface area contributed by atoms with Crippen LogP contribution in [0.15, 0.2) is 41.4 Å². The van der Waals surface area contributed by atoms with Crippen LogP contribution in [0, 0.1) is 0 Å². The van der Waals surface area contributed by atoms with Crippen molar-refractivity contribution in [1.29, 1.82) is 0 Å². The first-order valence-electron chi connectivity index (χ1n) is 5.13. The van der Waals surface area contributed by atoms with Crippen LogP contribution in [-0.2, 0) is 6.54 Å². The van der Waals surface area contributed by atoms with Gasteiger partial charge in [0.25, 0.3) is 0 Å². The fourth-order valence-electron chi connectivity index (χ4n) is 1.59. The summed E-state index contributed by atoms with van der Waals surface area (Å²) in [7, 11) is 0. The number of hydrogen-bond acceptors (Lipinski definition) is 6. The average Bonchev–Trinajstić information content (AvgIpc) is 2.89. The van der Waals surface area contributed by atoms with Gasteiger partial charge in [-0.05, 0) is 0 Å². The molecule has 2 heterocycles. The van der Waals surface area contributed by atoms with Crippen molar-refractivity contribution in [3.8, 4) is 0 Å². The number of benzene rings is 1. The van der Waals surface area contributed by atoms with Crippen molar-refractivity contribution in [2.24, 2.45) is 0 Å². The van der Waals surface area contributed by atoms with Gasteiger partial charge < -0.3 is 9.84 Å². The van der Waals surface area contributed by atoms with Crippen molar-refractivity contribution in [1.82, 2.24) is 20.3 Å². The lowest BCUT2D eigenvalue weighted by molar-refractivity contribution is 0.411. The van der Waals surface area contributed by atoms with Gasteiger partial charge in [0.05, 0.1) is 12.7 Å². The highest BCUT2D eigenvalue weighted by molar-refractivity contribution is 5.90. The van der Waals surface area contributed by atoms with Crippen molar-refractivity contribution in [2.45, 2.75) is 6.54 Å². The molecule has 1 aromatic carbocycles. The molecule has 3 rings (SSSR count). The second-order valence-corrected chi connectivity index (χ2v) is 3.48. The predicted molar refractivity (Wildman–Crippen MR) is 61.2 cm³/mol. The Morgan fingerprint density at radius 2 is 2.18 bits per heavy atom. The Hall–Kier alpha value is -2.50. The molecule has 0 spiro atoms. The standard InChI is InChI=1S/C11H9N5O/c1-2-4-9-8(3-1)5-14-15-11(9)12-6-10-13-7-17-16-10/h1-5,7H,6H2,(H,12,15). The lowest BCUT2D eigenvalue weighted by atomic mass is 10.2. The van der Waals surface area contributed by atoms with Gasteiger partial charge in [0.1, 0.15) is 0 Å². The molecule has 2 aromatic heterocycles. The van der Waals surface area contributed by atoms with E-state index in [1.807, 2.05) is 24.3 Å². The topological polar surface area (TPSA) is 76.7 Å². The highest BCUT2D eigenvalue weighted by Gasteiger charge is 2.04. The molecule has 0 amide bonds. The molecule has 3 aromatic rings. The van der Waals surface area contributed by atoms with Crippen LogP contribution < -0.4 is 5.32 Å². The Morgan fingerprint density at radius 1 is 1.24 bits per heavy atom. The van der Waals surface area contributed by atoms with Crippen LogP contribution in [0.25, 0.3) is 10.8 Å². The third kappa shape index (κ3) is 1.92. The minimum absolute atomic E-state index is 0.458. The molecule has 0 aliphatic carbocycles. The molecule has 0 aliphatic heterocycles. The molecule has 1 N–H and O–H groups in total. The Balaban J connectivity index is 1.90. The van der Waals surface area contributed by atoms with E-state index in [4.69, 9.17) is 0 Å². The molecule has 0 fully saturated rings. The maximum Gasteiger partial charge on any atom is 0.213 e. The number of rotatable bonds is 3. The van der Waals surface area contributed by atoms with Gasteiger partial charge in [0.2, 0.25) is 6.39 Å². The van der Waals surface area contributed by atoms with E-state index in [1.54, 1.807) is 6.20 Å². The monoisotopic (exact) mass is 227 g/mol. The number of nitrogens with zero attached hydrogens (tertiary/aromatic N) is 4. The molecule has 0 saturated carbocycles. The zero-order valence-electron chi connectivity index (χ0n) is 8.87. The Kier molecular flexibility index (Phi) is 2.38. The van der Waals surface area contributed by atoms with Crippen LogP contribution in [0.5, 0.6) is 0 Å². The summed E-state index contributed by atoms with van der Waals surface area (Å²) in [6, 6.07) is 7.91. The highest BCUT2D eigenvalue weighted by Crippen LogP contribution is 2.19. The van der Waals surface area contributed by atoms with Gasteiger partial charge in [-0.1, -0.05) is 29.4 Å². The normalized spacial score (nSPS) is 10.6. The molecule has 84 valence electrons. The zero-order chi connectivity index (χ0) is 11.5. The maximum absolute atomic E-state index is 4.65. The summed E-state index contributed by atoms with van der Waals surface area (Å²) in [5.41, 5.74) is 0. The first-order chi connectivity index (χ1) is 8.43. The molecule has 0 bridgehead atoms. The zero-order valence-corrected chi connectivity index (χ0v) is 8.87. The summed E-state index contributed by atoms with van der Waals surface area (Å²) in [4.78, 5) is 3.92. The molecule has 0 unspecified atom stereocenters. The van der Waals surface area contributed by atoms with Gasteiger partial charge in [0.15, 0.2) is 11.6 Å². The molecule has 17 heavy (non-hydrogen) atoms. The van der Waals surface area contributed by atoms with E-state index in [0.29, 0.717) is 18.2 Å². The van der Waals surface area contributed by atoms with Gasteiger partial charge in [-0.3, -0.25) is 0 Å². The fourth-order valence-corrected chi connectivity index (χ4v) is 1.59. The number of anilines is 1. The first kappa shape index (κ1) is 9.71. The summed E-state index contributed by atoms with van der Waals surface area (Å²) >= 11 is 0. The van der Waals surface area contributed by atoms with E-state index in [9.17, 15) is 0 Å². The Morgan fingerprint density at radius 3 is 3.06 bits per heavy atom. The van der Waals surface area contributed by atoms with Crippen molar-refractivity contribution >= 4 is 16.6 Å². The van der Waals surface area contributed by atoms with Crippen LogP contribution in [-0.4, -0.2) is 20.3 Å². The molecule has 0 atom stereocenters. The Labute approximate surface area is 96.7 Å². The van der Waals surface area contributed by atoms with Crippen LogP contribution >= 0.6 is 0 Å². The van der Waals surface area contributed by atoms with E-state index in [2.05, 4.69) is 30.2 Å². The number of aromatic nitrogens is 4. The smallest absolute Gasteiger partial charge is 0.213 e. The van der Waals surface area contributed by atoms with Crippen molar-refractivity contribution in [2.75, 3.05) is 5.32 Å². The molecule has 0 radical (unpaired) electrons. The van der Waals surface area contributed by atoms with Crippen molar-refractivity contribution < 1.29 is 4.52 Å². The van der Waals surface area contributed by atoms with Crippen LogP contribution in [0.4, 0.5) is 5.82 Å². The Bertz CT molecular complexity index is 617. The van der Waals surface area contributed by atoms with Gasteiger partial charge >= 0.3 is 0 Å². The van der Waals surface area contributed by atoms with E-state index >= 15 is 0 Å². The summed E-state index contributed by atoms with van der Waals surface area (Å²) < 4.78 is 4.65. The summed E-state index contributed by atoms with van der Waals surface area (Å²) in [6.07, 6.45) is 3.03.